The van der Waals surface area contributed by atoms with Gasteiger partial charge < -0.3 is 10.2 Å². The van der Waals surface area contributed by atoms with E-state index < -0.39 is 11.9 Å². The molecule has 5 nitrogen and oxygen atoms in total. The number of hydrogen-bond acceptors (Lipinski definition) is 3. The Morgan fingerprint density at radius 1 is 1.00 bits per heavy atom. The molecule has 0 atom stereocenters. The van der Waals surface area contributed by atoms with Crippen molar-refractivity contribution in [2.45, 2.75) is 0 Å². The van der Waals surface area contributed by atoms with Gasteiger partial charge in [-0.2, -0.15) is 0 Å². The molecule has 1 heterocycles. The van der Waals surface area contributed by atoms with Gasteiger partial charge in [0, 0.05) is 44.8 Å². The van der Waals surface area contributed by atoms with Crippen LogP contribution in [0.1, 0.15) is 21.0 Å². The topological polar surface area (TPSA) is 87.5 Å². The minimum Gasteiger partial charge on any atom is -0.477 e. The number of carboxylic acid groups (broad SMARTS) is 2. The number of carboxylic acids is 2. The normalized spacial score (nSPS) is 8.00. The first kappa shape index (κ1) is 16.0. The number of carbonyl (C=O) groups is 2. The van der Waals surface area contributed by atoms with Gasteiger partial charge in [0.15, 0.2) is 0 Å². The van der Waals surface area contributed by atoms with E-state index >= 15 is 0 Å². The van der Waals surface area contributed by atoms with Crippen LogP contribution in [-0.4, -0.2) is 27.1 Å². The minimum absolute atomic E-state index is 0. The molecule has 0 unspecified atom stereocenters. The van der Waals surface area contributed by atoms with E-state index in [1.165, 1.54) is 18.2 Å². The number of pyridine rings is 1. The third-order valence-electron chi connectivity index (χ3n) is 1.19. The van der Waals surface area contributed by atoms with Crippen LogP contribution < -0.4 is 0 Å². The van der Waals surface area contributed by atoms with Gasteiger partial charge in [-0.3, -0.25) is 0 Å². The fourth-order valence-corrected chi connectivity index (χ4v) is 0.673. The average molecular weight is 383 g/mol. The fraction of sp³-hybridized carbons (Fsp3) is 0. The van der Waals surface area contributed by atoms with Gasteiger partial charge in [0.25, 0.3) is 0 Å². The summed E-state index contributed by atoms with van der Waals surface area (Å²) in [5.41, 5.74) is -0.537. The van der Waals surface area contributed by atoms with Crippen molar-refractivity contribution in [1.82, 2.24) is 4.98 Å². The van der Waals surface area contributed by atoms with E-state index in [-0.39, 0.29) is 56.1 Å². The molecule has 84 valence electrons. The molecular formula is C7H5Ag2NO4. The predicted octanol–water partition coefficient (Wildman–Crippen LogP) is 0.473. The smallest absolute Gasteiger partial charge is 0.354 e. The maximum atomic E-state index is 10.3. The molecule has 0 aliphatic heterocycles. The van der Waals surface area contributed by atoms with Crippen molar-refractivity contribution in [2.24, 2.45) is 0 Å². The van der Waals surface area contributed by atoms with Gasteiger partial charge in [0.1, 0.15) is 11.4 Å². The Hall–Kier alpha value is -0.429. The number of hydrogen-bond donors (Lipinski definition) is 2. The first-order valence-electron chi connectivity index (χ1n) is 3.05. The Morgan fingerprint density at radius 3 is 1.64 bits per heavy atom. The molecule has 0 saturated carbocycles. The Labute approximate surface area is 111 Å². The van der Waals surface area contributed by atoms with Crippen LogP contribution >= 0.6 is 0 Å². The summed E-state index contributed by atoms with van der Waals surface area (Å²) in [6.45, 7) is 0. The van der Waals surface area contributed by atoms with Crippen LogP contribution in [0.5, 0.6) is 0 Å². The molecule has 1 rings (SSSR count). The van der Waals surface area contributed by atoms with Gasteiger partial charge in [0.05, 0.1) is 0 Å². The molecule has 7 heteroatoms. The first-order chi connectivity index (χ1) is 5.61. The molecule has 0 aliphatic rings. The molecule has 0 aliphatic carbocycles. The Balaban J connectivity index is 0. The third kappa shape index (κ3) is 4.19. The van der Waals surface area contributed by atoms with E-state index in [2.05, 4.69) is 4.98 Å². The summed E-state index contributed by atoms with van der Waals surface area (Å²) in [6.07, 6.45) is 0. The fourth-order valence-electron chi connectivity index (χ4n) is 0.673. The van der Waals surface area contributed by atoms with E-state index in [4.69, 9.17) is 10.2 Å². The summed E-state index contributed by atoms with van der Waals surface area (Å²) in [4.78, 5) is 24.0. The number of nitrogens with zero attached hydrogens (tertiary/aromatic N) is 1. The zero-order valence-corrected chi connectivity index (χ0v) is 9.46. The van der Waals surface area contributed by atoms with Crippen molar-refractivity contribution in [1.29, 1.82) is 0 Å². The summed E-state index contributed by atoms with van der Waals surface area (Å²) in [7, 11) is 0. The van der Waals surface area contributed by atoms with Crippen molar-refractivity contribution >= 4 is 11.9 Å². The molecular weight excluding hydrogens is 378 g/mol. The first-order valence-corrected chi connectivity index (χ1v) is 3.05. The molecule has 1 aromatic heterocycles. The SMILES string of the molecule is O=C(O)c1cccc(C(=O)O)n1.[Ag].[Ag]. The number of aromatic nitrogens is 1. The molecule has 0 amide bonds. The van der Waals surface area contributed by atoms with Gasteiger partial charge in [-0.05, 0) is 12.1 Å². The summed E-state index contributed by atoms with van der Waals surface area (Å²) in [5, 5.41) is 16.9. The predicted molar refractivity (Wildman–Crippen MR) is 38.2 cm³/mol. The summed E-state index contributed by atoms with van der Waals surface area (Å²) < 4.78 is 0. The molecule has 0 bridgehead atoms. The van der Waals surface area contributed by atoms with E-state index in [0.29, 0.717) is 0 Å². The zero-order chi connectivity index (χ0) is 9.14. The van der Waals surface area contributed by atoms with Crippen molar-refractivity contribution < 1.29 is 64.6 Å². The quantitative estimate of drug-likeness (QED) is 0.726. The van der Waals surface area contributed by atoms with Crippen molar-refractivity contribution in [3.05, 3.63) is 29.6 Å². The second kappa shape index (κ2) is 6.94. The maximum Gasteiger partial charge on any atom is 0.354 e. The summed E-state index contributed by atoms with van der Waals surface area (Å²) in [6, 6.07) is 3.80. The molecule has 0 aromatic carbocycles. The second-order valence-electron chi connectivity index (χ2n) is 2.02. The Kier molecular flexibility index (Phi) is 7.94. The molecule has 0 saturated heterocycles. The van der Waals surface area contributed by atoms with Crippen molar-refractivity contribution in [3.8, 4) is 0 Å². The van der Waals surface area contributed by atoms with Crippen LogP contribution in [0.3, 0.4) is 0 Å². The van der Waals surface area contributed by atoms with Crippen LogP contribution in [0.15, 0.2) is 18.2 Å². The Bertz CT molecular complexity index is 313. The summed E-state index contributed by atoms with van der Waals surface area (Å²) >= 11 is 0. The largest absolute Gasteiger partial charge is 0.477 e. The van der Waals surface area contributed by atoms with Crippen LogP contribution in [0.2, 0.25) is 0 Å². The van der Waals surface area contributed by atoms with Gasteiger partial charge >= 0.3 is 11.9 Å². The van der Waals surface area contributed by atoms with Gasteiger partial charge in [0.2, 0.25) is 0 Å². The molecule has 2 N–H and O–H groups in total. The molecule has 0 spiro atoms. The summed E-state index contributed by atoms with van der Waals surface area (Å²) in [5.74, 6) is -2.48. The number of rotatable bonds is 2. The number of aromatic carboxylic acids is 2. The Morgan fingerprint density at radius 2 is 1.36 bits per heavy atom. The van der Waals surface area contributed by atoms with Crippen LogP contribution in [0.25, 0.3) is 0 Å². The van der Waals surface area contributed by atoms with Gasteiger partial charge in [-0.25, -0.2) is 14.6 Å². The van der Waals surface area contributed by atoms with E-state index in [9.17, 15) is 9.59 Å². The van der Waals surface area contributed by atoms with E-state index in [1.54, 1.807) is 0 Å². The van der Waals surface area contributed by atoms with E-state index in [1.807, 2.05) is 0 Å². The molecule has 0 fully saturated rings. The van der Waals surface area contributed by atoms with Gasteiger partial charge in [-0.1, -0.05) is 6.07 Å². The zero-order valence-electron chi connectivity index (χ0n) is 6.49. The van der Waals surface area contributed by atoms with E-state index in [0.717, 1.165) is 0 Å². The standard InChI is InChI=1S/C7H5NO4.2Ag/c9-6(10)4-2-1-3-5(8-4)7(11)12;;/h1-3H,(H,9,10)(H,11,12);;. The van der Waals surface area contributed by atoms with Gasteiger partial charge in [-0.15, -0.1) is 0 Å². The van der Waals surface area contributed by atoms with Crippen molar-refractivity contribution in [2.75, 3.05) is 0 Å². The van der Waals surface area contributed by atoms with Crippen LogP contribution in [-0.2, 0) is 44.8 Å². The molecule has 14 heavy (non-hydrogen) atoms. The minimum atomic E-state index is -1.24. The second-order valence-corrected chi connectivity index (χ2v) is 2.02. The third-order valence-corrected chi connectivity index (χ3v) is 1.19. The van der Waals surface area contributed by atoms with Crippen LogP contribution in [0.4, 0.5) is 0 Å². The van der Waals surface area contributed by atoms with Crippen LogP contribution in [0, 0.1) is 0 Å². The molecule has 1 aromatic rings. The average Bonchev–Trinajstić information content (AvgIpc) is 2.04. The van der Waals surface area contributed by atoms with Crippen molar-refractivity contribution in [3.63, 3.8) is 0 Å². The molecule has 2 radical (unpaired) electrons. The monoisotopic (exact) mass is 381 g/mol. The maximum absolute atomic E-state index is 10.3.